The van der Waals surface area contributed by atoms with Crippen molar-refractivity contribution < 1.29 is 23.1 Å². The van der Waals surface area contributed by atoms with Gasteiger partial charge in [0.1, 0.15) is 0 Å². The fraction of sp³-hybridized carbons (Fsp3) is 0.938. The maximum atomic E-state index is 12.9. The number of carbonyl (C=O) groups is 1. The highest BCUT2D eigenvalue weighted by molar-refractivity contribution is 7.54. The van der Waals surface area contributed by atoms with Crippen molar-refractivity contribution in [2.45, 2.75) is 78.3 Å². The van der Waals surface area contributed by atoms with Crippen molar-refractivity contribution in [1.29, 1.82) is 0 Å². The Kier molecular flexibility index (Phi) is 12.9. The standard InChI is InChI=1S/C16H33O5P/c1-5-8-11-19-16(17)14-15(4)22(18,20-12-9-6-2)21-13-10-7-3/h15H,5-14H2,1-4H3/t15-/m0/s1. The fourth-order valence-electron chi connectivity index (χ4n) is 1.71. The molecule has 0 aromatic carbocycles. The first-order chi connectivity index (χ1) is 10.5. The summed E-state index contributed by atoms with van der Waals surface area (Å²) in [6.45, 7) is 9.07. The third kappa shape index (κ3) is 9.60. The Hall–Kier alpha value is -0.380. The minimum absolute atomic E-state index is 0.0687. The van der Waals surface area contributed by atoms with Crippen LogP contribution in [0.2, 0.25) is 0 Å². The van der Waals surface area contributed by atoms with Crippen LogP contribution in [0.25, 0.3) is 0 Å². The van der Waals surface area contributed by atoms with E-state index in [0.29, 0.717) is 19.8 Å². The molecule has 0 heterocycles. The third-order valence-corrected chi connectivity index (χ3v) is 5.65. The highest BCUT2D eigenvalue weighted by Gasteiger charge is 2.34. The molecule has 0 bridgehead atoms. The van der Waals surface area contributed by atoms with E-state index in [0.717, 1.165) is 38.5 Å². The zero-order valence-corrected chi connectivity index (χ0v) is 15.5. The van der Waals surface area contributed by atoms with E-state index in [9.17, 15) is 9.36 Å². The predicted molar refractivity (Wildman–Crippen MR) is 89.3 cm³/mol. The number of hydrogen-bond acceptors (Lipinski definition) is 5. The molecule has 0 amide bonds. The van der Waals surface area contributed by atoms with Gasteiger partial charge in [-0.05, 0) is 19.3 Å². The Morgan fingerprint density at radius 2 is 1.36 bits per heavy atom. The molecule has 0 fully saturated rings. The first-order valence-corrected chi connectivity index (χ1v) is 10.2. The van der Waals surface area contributed by atoms with E-state index in [2.05, 4.69) is 0 Å². The summed E-state index contributed by atoms with van der Waals surface area (Å²) >= 11 is 0. The summed E-state index contributed by atoms with van der Waals surface area (Å²) in [6.07, 6.45) is 5.47. The minimum atomic E-state index is -3.26. The summed E-state index contributed by atoms with van der Waals surface area (Å²) in [7, 11) is -3.26. The quantitative estimate of drug-likeness (QED) is 0.255. The molecule has 0 rings (SSSR count). The zero-order valence-electron chi connectivity index (χ0n) is 14.6. The van der Waals surface area contributed by atoms with Crippen LogP contribution in [0.1, 0.15) is 72.6 Å². The van der Waals surface area contributed by atoms with Gasteiger partial charge in [0, 0.05) is 0 Å². The third-order valence-electron chi connectivity index (χ3n) is 3.30. The summed E-state index contributed by atoms with van der Waals surface area (Å²) in [5.74, 6) is -0.334. The molecule has 0 aliphatic rings. The average molecular weight is 336 g/mol. The van der Waals surface area contributed by atoms with E-state index >= 15 is 0 Å². The van der Waals surface area contributed by atoms with Crippen LogP contribution in [0.4, 0.5) is 0 Å². The van der Waals surface area contributed by atoms with Crippen LogP contribution in [0, 0.1) is 0 Å². The van der Waals surface area contributed by atoms with Crippen molar-refractivity contribution in [1.82, 2.24) is 0 Å². The lowest BCUT2D eigenvalue weighted by Crippen LogP contribution is -2.17. The fourth-order valence-corrected chi connectivity index (χ4v) is 3.43. The van der Waals surface area contributed by atoms with E-state index < -0.39 is 13.3 Å². The van der Waals surface area contributed by atoms with E-state index in [1.165, 1.54) is 0 Å². The summed E-state index contributed by atoms with van der Waals surface area (Å²) < 4.78 is 29.1. The summed E-state index contributed by atoms with van der Waals surface area (Å²) in [5.41, 5.74) is -0.477. The number of ether oxygens (including phenoxy) is 1. The van der Waals surface area contributed by atoms with Crippen molar-refractivity contribution in [3.8, 4) is 0 Å². The second kappa shape index (κ2) is 13.1. The summed E-state index contributed by atoms with van der Waals surface area (Å²) in [4.78, 5) is 11.8. The lowest BCUT2D eigenvalue weighted by Gasteiger charge is -2.24. The maximum absolute atomic E-state index is 12.9. The molecule has 0 saturated carbocycles. The van der Waals surface area contributed by atoms with Crippen molar-refractivity contribution in [2.75, 3.05) is 19.8 Å². The molecule has 0 radical (unpaired) electrons. The molecule has 0 aliphatic carbocycles. The lowest BCUT2D eigenvalue weighted by molar-refractivity contribution is -0.143. The Morgan fingerprint density at radius 1 is 0.909 bits per heavy atom. The SMILES string of the molecule is CCCCOC(=O)C[C@H](C)P(=O)(OCCCC)OCCCC. The van der Waals surface area contributed by atoms with Gasteiger partial charge in [-0.3, -0.25) is 9.36 Å². The molecular formula is C16H33O5P. The van der Waals surface area contributed by atoms with Gasteiger partial charge in [-0.1, -0.05) is 47.0 Å². The Balaban J connectivity index is 4.48. The van der Waals surface area contributed by atoms with Crippen molar-refractivity contribution >= 4 is 13.6 Å². The van der Waals surface area contributed by atoms with Crippen LogP contribution in [0.15, 0.2) is 0 Å². The van der Waals surface area contributed by atoms with Gasteiger partial charge in [0.2, 0.25) is 0 Å². The Bertz CT molecular complexity index is 318. The number of esters is 1. The van der Waals surface area contributed by atoms with Gasteiger partial charge < -0.3 is 13.8 Å². The molecule has 0 N–H and O–H groups in total. The van der Waals surface area contributed by atoms with Crippen LogP contribution in [-0.2, 0) is 23.1 Å². The largest absolute Gasteiger partial charge is 0.466 e. The first-order valence-electron chi connectivity index (χ1n) is 8.54. The second-order valence-electron chi connectivity index (χ2n) is 5.54. The van der Waals surface area contributed by atoms with Gasteiger partial charge in [-0.25, -0.2) is 0 Å². The minimum Gasteiger partial charge on any atom is -0.466 e. The molecule has 0 aromatic heterocycles. The molecular weight excluding hydrogens is 303 g/mol. The van der Waals surface area contributed by atoms with Crippen LogP contribution in [0.5, 0.6) is 0 Å². The van der Waals surface area contributed by atoms with Crippen molar-refractivity contribution in [3.63, 3.8) is 0 Å². The van der Waals surface area contributed by atoms with E-state index in [1.54, 1.807) is 6.92 Å². The predicted octanol–water partition coefficient (Wildman–Crippen LogP) is 4.93. The zero-order chi connectivity index (χ0) is 16.8. The van der Waals surface area contributed by atoms with Gasteiger partial charge in [0.15, 0.2) is 0 Å². The van der Waals surface area contributed by atoms with Crippen LogP contribution in [0.3, 0.4) is 0 Å². The molecule has 22 heavy (non-hydrogen) atoms. The lowest BCUT2D eigenvalue weighted by atomic mass is 10.3. The summed E-state index contributed by atoms with van der Waals surface area (Å²) in [6, 6.07) is 0. The molecule has 0 unspecified atom stereocenters. The monoisotopic (exact) mass is 336 g/mol. The van der Waals surface area contributed by atoms with Crippen LogP contribution >= 0.6 is 7.60 Å². The molecule has 0 saturated heterocycles. The molecule has 6 heteroatoms. The number of carbonyl (C=O) groups excluding carboxylic acids is 1. The maximum Gasteiger partial charge on any atom is 0.334 e. The molecule has 0 aromatic rings. The molecule has 5 nitrogen and oxygen atoms in total. The van der Waals surface area contributed by atoms with E-state index in [-0.39, 0.29) is 12.4 Å². The summed E-state index contributed by atoms with van der Waals surface area (Å²) in [5, 5.41) is 0. The van der Waals surface area contributed by atoms with Gasteiger partial charge in [-0.2, -0.15) is 0 Å². The topological polar surface area (TPSA) is 61.8 Å². The second-order valence-corrected chi connectivity index (χ2v) is 8.02. The van der Waals surface area contributed by atoms with E-state index in [4.69, 9.17) is 13.8 Å². The van der Waals surface area contributed by atoms with Gasteiger partial charge in [0.05, 0.1) is 31.9 Å². The molecule has 0 spiro atoms. The van der Waals surface area contributed by atoms with Gasteiger partial charge in [-0.15, -0.1) is 0 Å². The van der Waals surface area contributed by atoms with Crippen molar-refractivity contribution in [3.05, 3.63) is 0 Å². The first kappa shape index (κ1) is 21.6. The van der Waals surface area contributed by atoms with Crippen LogP contribution < -0.4 is 0 Å². The highest BCUT2D eigenvalue weighted by atomic mass is 31.2. The Labute approximate surface area is 135 Å². The number of rotatable bonds is 14. The molecule has 132 valence electrons. The number of unbranched alkanes of at least 4 members (excludes halogenated alkanes) is 3. The van der Waals surface area contributed by atoms with E-state index in [1.807, 2.05) is 20.8 Å². The van der Waals surface area contributed by atoms with Gasteiger partial charge >= 0.3 is 13.6 Å². The average Bonchev–Trinajstić information content (AvgIpc) is 2.48. The van der Waals surface area contributed by atoms with Crippen LogP contribution in [-0.4, -0.2) is 31.4 Å². The number of hydrogen-bond donors (Lipinski definition) is 0. The smallest absolute Gasteiger partial charge is 0.334 e. The van der Waals surface area contributed by atoms with Crippen molar-refractivity contribution in [2.24, 2.45) is 0 Å². The Morgan fingerprint density at radius 3 is 1.82 bits per heavy atom. The molecule has 1 atom stereocenters. The normalized spacial score (nSPS) is 13.1. The highest BCUT2D eigenvalue weighted by Crippen LogP contribution is 2.54. The molecule has 0 aliphatic heterocycles. The van der Waals surface area contributed by atoms with Gasteiger partial charge in [0.25, 0.3) is 0 Å².